The van der Waals surface area contributed by atoms with E-state index in [-0.39, 0.29) is 17.1 Å². The Hall–Kier alpha value is 0.123. The predicted molar refractivity (Wildman–Crippen MR) is 148 cm³/mol. The topological polar surface area (TPSA) is 137 Å². The van der Waals surface area contributed by atoms with Crippen molar-refractivity contribution in [1.82, 2.24) is 9.78 Å². The van der Waals surface area contributed by atoms with Crippen LogP contribution in [0.1, 0.15) is 54.1 Å². The fourth-order valence-electron chi connectivity index (χ4n) is 3.80. The van der Waals surface area contributed by atoms with Crippen LogP contribution in [0.5, 0.6) is 0 Å². The van der Waals surface area contributed by atoms with Gasteiger partial charge >= 0.3 is 307 Å². The zero-order valence-electron chi connectivity index (χ0n) is 21.6. The minimum atomic E-state index is -1.02. The number of esters is 1. The Morgan fingerprint density at radius 3 is 1.97 bits per heavy atom. The van der Waals surface area contributed by atoms with Crippen LogP contribution in [-0.2, 0) is 4.74 Å². The number of methoxy groups -OCH3 is 1. The molecular weight excluding hydrogens is 859 g/mol. The van der Waals surface area contributed by atoms with Crippen molar-refractivity contribution in [3.05, 3.63) is 70.0 Å². The fourth-order valence-corrected chi connectivity index (χ4v) is 6.78. The maximum atomic E-state index is 12.4. The number of benzene rings is 2. The number of aromatic nitrogens is 2. The van der Waals surface area contributed by atoms with Gasteiger partial charge < -0.3 is 0 Å². The van der Waals surface area contributed by atoms with E-state index in [4.69, 9.17) is 10.6 Å². The first-order chi connectivity index (χ1) is 17.6. The molecule has 3 aromatic rings. The summed E-state index contributed by atoms with van der Waals surface area (Å²) in [5.74, 6) is 4.12. The van der Waals surface area contributed by atoms with Crippen LogP contribution in [0.3, 0.4) is 0 Å². The molecular formula is C25H28Br2N4O5Xe2. The van der Waals surface area contributed by atoms with E-state index in [1.807, 2.05) is 81.2 Å². The number of rotatable bonds is 4. The van der Waals surface area contributed by atoms with Crippen LogP contribution in [0.4, 0.5) is 5.69 Å². The van der Waals surface area contributed by atoms with E-state index in [0.29, 0.717) is 25.8 Å². The number of carboxylic acids is 1. The van der Waals surface area contributed by atoms with Crippen molar-refractivity contribution in [3.63, 3.8) is 0 Å². The van der Waals surface area contributed by atoms with Crippen LogP contribution in [0.15, 0.2) is 19.9 Å². The van der Waals surface area contributed by atoms with Gasteiger partial charge in [-0.2, -0.15) is 0 Å². The van der Waals surface area contributed by atoms with Gasteiger partial charge in [0.2, 0.25) is 0 Å². The fraction of sp³-hybridized carbons (Fsp3) is 0.280. The number of nitrogens with zero attached hydrogens (tertiary/aromatic N) is 2. The Balaban J connectivity index is 0.000000281. The molecule has 1 aromatic heterocycles. The average Bonchev–Trinajstić information content (AvgIpc) is 2.86. The second-order valence-corrected chi connectivity index (χ2v) is 12.1. The predicted octanol–water partition coefficient (Wildman–Crippen LogP) is 2.88. The van der Waals surface area contributed by atoms with Crippen molar-refractivity contribution in [3.8, 4) is 5.69 Å². The van der Waals surface area contributed by atoms with Gasteiger partial charge in [-0.3, -0.25) is 0 Å². The molecule has 4 N–H and O–H groups in total. The van der Waals surface area contributed by atoms with Crippen molar-refractivity contribution in [2.45, 2.75) is 41.5 Å². The first-order valence-corrected chi connectivity index (χ1v) is 14.7. The van der Waals surface area contributed by atoms with Crippen molar-refractivity contribution >= 4 is 49.5 Å². The van der Waals surface area contributed by atoms with Gasteiger partial charge in [0.1, 0.15) is 0 Å². The van der Waals surface area contributed by atoms with E-state index in [2.05, 4.69) is 88.9 Å². The summed E-state index contributed by atoms with van der Waals surface area (Å²) in [6, 6.07) is 0. The number of carbonyl (C=O) groups is 2. The molecule has 0 unspecified atom stereocenters. The third-order valence-corrected chi connectivity index (χ3v) is 10.5. The van der Waals surface area contributed by atoms with Crippen LogP contribution in [-0.4, -0.2) is 33.9 Å². The first kappa shape index (κ1) is 34.3. The summed E-state index contributed by atoms with van der Waals surface area (Å²) >= 11 is 10.5. The second kappa shape index (κ2) is 14.3. The molecule has 0 fully saturated rings. The number of halogens is 2. The molecule has 0 aliphatic heterocycles. The first-order valence-electron chi connectivity index (χ1n) is 10.9. The van der Waals surface area contributed by atoms with Gasteiger partial charge in [-0.05, 0) is 0 Å². The molecule has 208 valence electrons. The zero-order valence-corrected chi connectivity index (χ0v) is 29.1. The van der Waals surface area contributed by atoms with Crippen LogP contribution < -0.4 is 16.9 Å². The van der Waals surface area contributed by atoms with Gasteiger partial charge in [-0.15, -0.1) is 0 Å². The molecule has 0 aliphatic carbocycles. The van der Waals surface area contributed by atoms with E-state index in [1.54, 1.807) is 6.92 Å². The monoisotopic (exact) mass is 886 g/mol. The summed E-state index contributed by atoms with van der Waals surface area (Å²) < 4.78 is 8.19. The Kier molecular flexibility index (Phi) is 13.0. The molecule has 38 heavy (non-hydrogen) atoms. The Morgan fingerprint density at radius 1 is 0.947 bits per heavy atom. The maximum absolute atomic E-state index is 12.4. The number of nitrogens with one attached hydrogen (secondary N) is 1. The van der Waals surface area contributed by atoms with Crippen molar-refractivity contribution in [1.29, 1.82) is 0 Å². The van der Waals surface area contributed by atoms with E-state index in [0.717, 1.165) is 33.5 Å². The van der Waals surface area contributed by atoms with Crippen LogP contribution in [0.25, 0.3) is 5.69 Å². The molecule has 0 atom stereocenters. The van der Waals surface area contributed by atoms with Crippen molar-refractivity contribution in [2.75, 3.05) is 12.5 Å². The van der Waals surface area contributed by atoms with Gasteiger partial charge in [-0.25, -0.2) is 0 Å². The number of hydrogen-bond donors (Lipinski definition) is 3. The number of carboxylic acid groups (broad SMARTS) is 1. The molecule has 1 heterocycles. The number of nitrogens with two attached hydrogens (primary N) is 1. The molecule has 2 aromatic carbocycles. The van der Waals surface area contributed by atoms with Gasteiger partial charge in [-0.1, -0.05) is 0 Å². The standard InChI is InChI=1S/C14H12Br2N2O3Xe.C11H16N2O2Xe/c1-5-6(2)9(14(20)21)12(22)11(7(5)3)18-13(19)10(16)8(15)4-17-18;1-5-6(2)8(11(14)15-4)10(16)9(13-12)7(5)3/h4,22H,1-3H3,(H,20,21);13,16H,12H2,1-4H3. The van der Waals surface area contributed by atoms with E-state index >= 15 is 0 Å². The summed E-state index contributed by atoms with van der Waals surface area (Å²) in [4.78, 5) is 35.7. The van der Waals surface area contributed by atoms with E-state index < -0.39 is 5.97 Å². The van der Waals surface area contributed by atoms with Crippen LogP contribution in [0, 0.1) is 135 Å². The molecule has 0 amide bonds. The second-order valence-electron chi connectivity index (χ2n) is 8.32. The molecule has 9 nitrogen and oxygen atoms in total. The molecule has 0 radical (unpaired) electrons. The zero-order chi connectivity index (χ0) is 29.2. The molecule has 0 spiro atoms. The third kappa shape index (κ3) is 6.77. The van der Waals surface area contributed by atoms with Crippen molar-refractivity contribution in [2.24, 2.45) is 5.84 Å². The average molecular weight is 887 g/mol. The normalized spacial score (nSPS) is 10.6. The van der Waals surface area contributed by atoms with Gasteiger partial charge in [0.15, 0.2) is 0 Å². The van der Waals surface area contributed by atoms with E-state index in [9.17, 15) is 19.5 Å². The SMILES string of the molecule is COC(=O)c1c(C)c(C)c(C)c(NN)c1[XeH].Cc1c(C)c(C(=O)O)c([XeH])c(-n2ncc(Br)c(Br)c2=O)c1C. The minimum absolute atomic E-state index is 0.200. The Morgan fingerprint density at radius 2 is 1.47 bits per heavy atom. The summed E-state index contributed by atoms with van der Waals surface area (Å²) in [7, 11) is 1.38. The van der Waals surface area contributed by atoms with Gasteiger partial charge in [0.25, 0.3) is 0 Å². The van der Waals surface area contributed by atoms with Gasteiger partial charge in [0.05, 0.1) is 0 Å². The Labute approximate surface area is 302 Å². The molecule has 3 rings (SSSR count). The summed E-state index contributed by atoms with van der Waals surface area (Å²) in [6.07, 6.45) is 1.50. The van der Waals surface area contributed by atoms with Crippen molar-refractivity contribution < 1.29 is 113 Å². The van der Waals surface area contributed by atoms with E-state index in [1.165, 1.54) is 18.0 Å². The molecule has 0 saturated heterocycles. The number of hydrazine groups is 1. The quantitative estimate of drug-likeness (QED) is 0.207. The summed E-state index contributed by atoms with van der Waals surface area (Å²) in [5, 5.41) is 13.6. The number of ether oxygens (including phenoxy) is 1. The number of aromatic carboxylic acids is 1. The van der Waals surface area contributed by atoms with Crippen LogP contribution >= 0.6 is 31.9 Å². The molecule has 0 aliphatic rings. The third-order valence-electron chi connectivity index (χ3n) is 6.43. The number of hydrogen-bond acceptors (Lipinski definition) is 7. The number of anilines is 1. The summed E-state index contributed by atoms with van der Waals surface area (Å²) in [6.45, 7) is 11.3. The summed E-state index contributed by atoms with van der Waals surface area (Å²) in [5.41, 5.74) is 9.75. The molecule has 0 bridgehead atoms. The molecule has 0 saturated carbocycles. The van der Waals surface area contributed by atoms with Gasteiger partial charge in [0, 0.05) is 0 Å². The molecule has 13 heteroatoms. The van der Waals surface area contributed by atoms with Crippen LogP contribution in [0.2, 0.25) is 0 Å². The number of carbonyl (C=O) groups excluding carboxylic acids is 1. The Bertz CT molecular complexity index is 1520. The number of nitrogen functional groups attached to an aromatic ring is 1.